The Kier molecular flexibility index (Phi) is 7.29. The molecule has 5 nitrogen and oxygen atoms in total. The average Bonchev–Trinajstić information content (AvgIpc) is 2.48. The lowest BCUT2D eigenvalue weighted by molar-refractivity contribution is 0.0696. The fraction of sp³-hybridized carbons (Fsp3) is 0.500. The molecular formula is C16H24N2O3. The first-order valence-electron chi connectivity index (χ1n) is 7.43. The molecule has 0 spiro atoms. The lowest BCUT2D eigenvalue weighted by atomic mass is 10.1. The quantitative estimate of drug-likeness (QED) is 0.774. The van der Waals surface area contributed by atoms with Gasteiger partial charge in [-0.3, -0.25) is 0 Å². The number of hydrogen-bond donors (Lipinski definition) is 2. The topological polar surface area (TPSA) is 69.6 Å². The Morgan fingerprint density at radius 1 is 1.29 bits per heavy atom. The Bertz CT molecular complexity index is 474. The second kappa shape index (κ2) is 9.00. The second-order valence-corrected chi connectivity index (χ2v) is 4.92. The zero-order valence-corrected chi connectivity index (χ0v) is 12.8. The molecule has 0 aliphatic heterocycles. The molecule has 0 aromatic heterocycles. The SMILES string of the molecule is CCCCN(CC)C(=O)NCCc1cccc(C(=O)O)c1. The highest BCUT2D eigenvalue weighted by atomic mass is 16.4. The Balaban J connectivity index is 2.43. The van der Waals surface area contributed by atoms with Crippen molar-refractivity contribution in [1.82, 2.24) is 10.2 Å². The van der Waals surface area contributed by atoms with Gasteiger partial charge in [0.15, 0.2) is 0 Å². The van der Waals surface area contributed by atoms with Crippen molar-refractivity contribution in [2.45, 2.75) is 33.1 Å². The molecule has 0 heterocycles. The summed E-state index contributed by atoms with van der Waals surface area (Å²) >= 11 is 0. The smallest absolute Gasteiger partial charge is 0.335 e. The zero-order valence-electron chi connectivity index (χ0n) is 12.8. The third-order valence-corrected chi connectivity index (χ3v) is 3.31. The highest BCUT2D eigenvalue weighted by Crippen LogP contribution is 2.06. The maximum absolute atomic E-state index is 12.0. The van der Waals surface area contributed by atoms with Gasteiger partial charge in [-0.15, -0.1) is 0 Å². The van der Waals surface area contributed by atoms with Gasteiger partial charge in [-0.1, -0.05) is 25.5 Å². The van der Waals surface area contributed by atoms with Crippen LogP contribution in [0.5, 0.6) is 0 Å². The van der Waals surface area contributed by atoms with Gasteiger partial charge in [0.1, 0.15) is 0 Å². The fourth-order valence-electron chi connectivity index (χ4n) is 2.04. The summed E-state index contributed by atoms with van der Waals surface area (Å²) in [5.41, 5.74) is 1.18. The fourth-order valence-corrected chi connectivity index (χ4v) is 2.04. The van der Waals surface area contributed by atoms with Crippen molar-refractivity contribution in [2.75, 3.05) is 19.6 Å². The molecule has 1 aromatic carbocycles. The van der Waals surface area contributed by atoms with E-state index < -0.39 is 5.97 Å². The van der Waals surface area contributed by atoms with Crippen LogP contribution in [0.2, 0.25) is 0 Å². The molecule has 0 saturated carbocycles. The van der Waals surface area contributed by atoms with Gasteiger partial charge in [-0.25, -0.2) is 9.59 Å². The predicted molar refractivity (Wildman–Crippen MR) is 82.7 cm³/mol. The third kappa shape index (κ3) is 5.85. The van der Waals surface area contributed by atoms with E-state index in [-0.39, 0.29) is 11.6 Å². The zero-order chi connectivity index (χ0) is 15.7. The molecule has 0 saturated heterocycles. The van der Waals surface area contributed by atoms with Crippen LogP contribution in [-0.2, 0) is 6.42 Å². The molecule has 116 valence electrons. The summed E-state index contributed by atoms with van der Waals surface area (Å²) in [7, 11) is 0. The molecule has 0 atom stereocenters. The Labute approximate surface area is 126 Å². The van der Waals surface area contributed by atoms with Crippen LogP contribution in [0, 0.1) is 0 Å². The maximum atomic E-state index is 12.0. The van der Waals surface area contributed by atoms with E-state index in [1.165, 1.54) is 0 Å². The van der Waals surface area contributed by atoms with Crippen LogP contribution in [-0.4, -0.2) is 41.6 Å². The number of urea groups is 1. The summed E-state index contributed by atoms with van der Waals surface area (Å²) in [6.45, 7) is 6.03. The predicted octanol–water partition coefficient (Wildman–Crippen LogP) is 2.76. The number of nitrogens with zero attached hydrogens (tertiary/aromatic N) is 1. The minimum Gasteiger partial charge on any atom is -0.478 e. The van der Waals surface area contributed by atoms with Crippen molar-refractivity contribution in [3.05, 3.63) is 35.4 Å². The molecule has 2 N–H and O–H groups in total. The standard InChI is InChI=1S/C16H24N2O3/c1-3-5-11-18(4-2)16(21)17-10-9-13-7-6-8-14(12-13)15(19)20/h6-8,12H,3-5,9-11H2,1-2H3,(H,17,21)(H,19,20). The molecule has 1 rings (SSSR count). The molecule has 2 amide bonds. The minimum absolute atomic E-state index is 0.0552. The summed E-state index contributed by atoms with van der Waals surface area (Å²) in [5, 5.41) is 11.8. The van der Waals surface area contributed by atoms with Crippen LogP contribution >= 0.6 is 0 Å². The summed E-state index contributed by atoms with van der Waals surface area (Å²) < 4.78 is 0. The number of carbonyl (C=O) groups excluding carboxylic acids is 1. The largest absolute Gasteiger partial charge is 0.478 e. The van der Waals surface area contributed by atoms with Gasteiger partial charge in [0, 0.05) is 19.6 Å². The van der Waals surface area contributed by atoms with Crippen LogP contribution in [0.3, 0.4) is 0 Å². The number of aromatic carboxylic acids is 1. The molecule has 1 aromatic rings. The van der Waals surface area contributed by atoms with E-state index in [4.69, 9.17) is 5.11 Å². The number of carbonyl (C=O) groups is 2. The van der Waals surface area contributed by atoms with E-state index in [9.17, 15) is 9.59 Å². The van der Waals surface area contributed by atoms with E-state index in [2.05, 4.69) is 12.2 Å². The van der Waals surface area contributed by atoms with Crippen molar-refractivity contribution < 1.29 is 14.7 Å². The molecule has 0 radical (unpaired) electrons. The molecule has 0 aliphatic carbocycles. The van der Waals surface area contributed by atoms with Gasteiger partial charge in [0.05, 0.1) is 5.56 Å². The van der Waals surface area contributed by atoms with Gasteiger partial charge < -0.3 is 15.3 Å². The summed E-state index contributed by atoms with van der Waals surface area (Å²) in [4.78, 5) is 24.6. The van der Waals surface area contributed by atoms with Gasteiger partial charge in [0.25, 0.3) is 0 Å². The molecular weight excluding hydrogens is 268 g/mol. The maximum Gasteiger partial charge on any atom is 0.335 e. The van der Waals surface area contributed by atoms with Gasteiger partial charge in [-0.05, 0) is 37.5 Å². The van der Waals surface area contributed by atoms with Crippen LogP contribution in [0.15, 0.2) is 24.3 Å². The molecule has 0 bridgehead atoms. The average molecular weight is 292 g/mol. The van der Waals surface area contributed by atoms with Gasteiger partial charge >= 0.3 is 12.0 Å². The van der Waals surface area contributed by atoms with Crippen LogP contribution in [0.4, 0.5) is 4.79 Å². The number of benzene rings is 1. The van der Waals surface area contributed by atoms with Crippen LogP contribution < -0.4 is 5.32 Å². The number of hydrogen-bond acceptors (Lipinski definition) is 2. The van der Waals surface area contributed by atoms with Crippen molar-refractivity contribution >= 4 is 12.0 Å². The first-order chi connectivity index (χ1) is 10.1. The van der Waals surface area contributed by atoms with Gasteiger partial charge in [-0.2, -0.15) is 0 Å². The van der Waals surface area contributed by atoms with Crippen molar-refractivity contribution in [2.24, 2.45) is 0 Å². The summed E-state index contributed by atoms with van der Waals surface area (Å²) in [5.74, 6) is -0.933. The lowest BCUT2D eigenvalue weighted by Crippen LogP contribution is -2.41. The monoisotopic (exact) mass is 292 g/mol. The van der Waals surface area contributed by atoms with Crippen molar-refractivity contribution in [3.8, 4) is 0 Å². The Morgan fingerprint density at radius 3 is 2.67 bits per heavy atom. The van der Waals surface area contributed by atoms with Crippen LogP contribution in [0.1, 0.15) is 42.6 Å². The number of unbranched alkanes of at least 4 members (excludes halogenated alkanes) is 1. The Morgan fingerprint density at radius 2 is 2.05 bits per heavy atom. The van der Waals surface area contributed by atoms with E-state index in [1.54, 1.807) is 23.1 Å². The summed E-state index contributed by atoms with van der Waals surface area (Å²) in [6, 6.07) is 6.74. The molecule has 0 fully saturated rings. The van der Waals surface area contributed by atoms with E-state index in [0.717, 1.165) is 24.9 Å². The number of carboxylic acid groups (broad SMARTS) is 1. The normalized spacial score (nSPS) is 10.2. The molecule has 5 heteroatoms. The number of rotatable bonds is 8. The van der Waals surface area contributed by atoms with E-state index in [0.29, 0.717) is 19.5 Å². The first kappa shape index (κ1) is 17.0. The minimum atomic E-state index is -0.933. The highest BCUT2D eigenvalue weighted by molar-refractivity contribution is 5.87. The van der Waals surface area contributed by atoms with Crippen LogP contribution in [0.25, 0.3) is 0 Å². The van der Waals surface area contributed by atoms with E-state index in [1.807, 2.05) is 13.0 Å². The van der Waals surface area contributed by atoms with E-state index >= 15 is 0 Å². The summed E-state index contributed by atoms with van der Waals surface area (Å²) in [6.07, 6.45) is 2.69. The number of amides is 2. The lowest BCUT2D eigenvalue weighted by Gasteiger charge is -2.21. The molecule has 0 unspecified atom stereocenters. The highest BCUT2D eigenvalue weighted by Gasteiger charge is 2.10. The number of nitrogens with one attached hydrogen (secondary N) is 1. The van der Waals surface area contributed by atoms with Crippen molar-refractivity contribution in [1.29, 1.82) is 0 Å². The third-order valence-electron chi connectivity index (χ3n) is 3.31. The molecule has 0 aliphatic rings. The molecule has 21 heavy (non-hydrogen) atoms. The first-order valence-corrected chi connectivity index (χ1v) is 7.43. The number of carboxylic acids is 1. The second-order valence-electron chi connectivity index (χ2n) is 4.92. The Hall–Kier alpha value is -2.04. The van der Waals surface area contributed by atoms with Gasteiger partial charge in [0.2, 0.25) is 0 Å². The van der Waals surface area contributed by atoms with Crippen molar-refractivity contribution in [3.63, 3.8) is 0 Å².